The van der Waals surface area contributed by atoms with Crippen LogP contribution < -0.4 is 10.1 Å². The quantitative estimate of drug-likeness (QED) is 0.667. The van der Waals surface area contributed by atoms with Gasteiger partial charge in [0.1, 0.15) is 5.75 Å². The third kappa shape index (κ3) is 4.90. The molecule has 3 rings (SSSR count). The first-order valence-electron chi connectivity index (χ1n) is 7.84. The molecule has 26 heavy (non-hydrogen) atoms. The second-order valence-corrected chi connectivity index (χ2v) is 6.32. The molecule has 3 aromatic rings. The Balaban J connectivity index is 1.65. The molecule has 2 aromatic carbocycles. The van der Waals surface area contributed by atoms with Crippen LogP contribution in [0.1, 0.15) is 5.56 Å². The van der Waals surface area contributed by atoms with Gasteiger partial charge in [-0.25, -0.2) is 9.78 Å². The van der Waals surface area contributed by atoms with Crippen LogP contribution in [-0.2, 0) is 16.0 Å². The highest BCUT2D eigenvalue weighted by Gasteiger charge is 2.10. The lowest BCUT2D eigenvalue weighted by atomic mass is 10.1. The van der Waals surface area contributed by atoms with E-state index in [0.29, 0.717) is 16.6 Å². The highest BCUT2D eigenvalue weighted by atomic mass is 32.1. The number of carbonyl (C=O) groups excluding carboxylic acids is 1. The minimum Gasteiger partial charge on any atom is -0.482 e. The number of amides is 1. The molecule has 0 aliphatic rings. The van der Waals surface area contributed by atoms with Crippen molar-refractivity contribution < 1.29 is 19.4 Å². The van der Waals surface area contributed by atoms with Gasteiger partial charge in [-0.2, -0.15) is 0 Å². The minimum absolute atomic E-state index is 0.129. The number of thiazole rings is 1. The van der Waals surface area contributed by atoms with Crippen molar-refractivity contribution in [1.29, 1.82) is 0 Å². The van der Waals surface area contributed by atoms with Crippen molar-refractivity contribution in [2.45, 2.75) is 6.42 Å². The second-order valence-electron chi connectivity index (χ2n) is 5.46. The number of ether oxygens (including phenoxy) is 1. The van der Waals surface area contributed by atoms with Gasteiger partial charge in [0, 0.05) is 10.9 Å². The molecule has 132 valence electrons. The summed E-state index contributed by atoms with van der Waals surface area (Å²) in [6.45, 7) is -0.401. The minimum atomic E-state index is -1.03. The molecule has 7 heteroatoms. The van der Waals surface area contributed by atoms with E-state index in [-0.39, 0.29) is 12.3 Å². The van der Waals surface area contributed by atoms with Crippen LogP contribution in [-0.4, -0.2) is 28.6 Å². The molecule has 0 spiro atoms. The molecule has 0 fully saturated rings. The van der Waals surface area contributed by atoms with Crippen LogP contribution >= 0.6 is 11.3 Å². The third-order valence-electron chi connectivity index (χ3n) is 3.45. The molecule has 0 unspecified atom stereocenters. The molecular formula is C19H16N2O4S. The fourth-order valence-electron chi connectivity index (χ4n) is 2.30. The van der Waals surface area contributed by atoms with Gasteiger partial charge in [0.2, 0.25) is 5.91 Å². The van der Waals surface area contributed by atoms with E-state index in [1.165, 1.54) is 11.3 Å². The Morgan fingerprint density at radius 1 is 1.12 bits per heavy atom. The number of aliphatic carboxylic acids is 1. The van der Waals surface area contributed by atoms with E-state index in [0.717, 1.165) is 11.1 Å². The summed E-state index contributed by atoms with van der Waals surface area (Å²) in [6.07, 6.45) is 0.286. The number of rotatable bonds is 7. The summed E-state index contributed by atoms with van der Waals surface area (Å²) in [6, 6.07) is 16.5. The molecule has 1 amide bonds. The first kappa shape index (κ1) is 17.6. The van der Waals surface area contributed by atoms with E-state index in [2.05, 4.69) is 10.3 Å². The van der Waals surface area contributed by atoms with E-state index in [4.69, 9.17) is 9.84 Å². The Kier molecular flexibility index (Phi) is 5.60. The van der Waals surface area contributed by atoms with Gasteiger partial charge in [0.25, 0.3) is 0 Å². The highest BCUT2D eigenvalue weighted by molar-refractivity contribution is 7.14. The lowest BCUT2D eigenvalue weighted by molar-refractivity contribution is -0.139. The maximum atomic E-state index is 12.1. The van der Waals surface area contributed by atoms with Crippen LogP contribution in [0.25, 0.3) is 11.3 Å². The van der Waals surface area contributed by atoms with Crippen LogP contribution in [0.4, 0.5) is 5.13 Å². The molecule has 0 bridgehead atoms. The van der Waals surface area contributed by atoms with Gasteiger partial charge in [-0.3, -0.25) is 4.79 Å². The Labute approximate surface area is 154 Å². The van der Waals surface area contributed by atoms with Crippen LogP contribution in [0.15, 0.2) is 60.0 Å². The van der Waals surface area contributed by atoms with E-state index >= 15 is 0 Å². The Hall–Kier alpha value is -3.19. The number of carbonyl (C=O) groups is 2. The van der Waals surface area contributed by atoms with Crippen molar-refractivity contribution in [2.75, 3.05) is 11.9 Å². The van der Waals surface area contributed by atoms with Crippen LogP contribution in [0.3, 0.4) is 0 Å². The topological polar surface area (TPSA) is 88.5 Å². The molecule has 0 radical (unpaired) electrons. The number of hydrogen-bond acceptors (Lipinski definition) is 5. The average molecular weight is 368 g/mol. The first-order valence-corrected chi connectivity index (χ1v) is 8.72. The summed E-state index contributed by atoms with van der Waals surface area (Å²) >= 11 is 1.33. The van der Waals surface area contributed by atoms with Crippen LogP contribution in [0.2, 0.25) is 0 Å². The number of nitrogens with zero attached hydrogens (tertiary/aromatic N) is 1. The Bertz CT molecular complexity index is 909. The SMILES string of the molecule is O=C(O)COc1cccc(-c2csc(NC(=O)Cc3ccccc3)n2)c1. The maximum Gasteiger partial charge on any atom is 0.341 e. The van der Waals surface area contributed by atoms with E-state index in [9.17, 15) is 9.59 Å². The van der Waals surface area contributed by atoms with E-state index in [1.807, 2.05) is 41.8 Å². The molecule has 1 heterocycles. The fourth-order valence-corrected chi connectivity index (χ4v) is 3.03. The molecule has 0 aliphatic heterocycles. The predicted molar refractivity (Wildman–Crippen MR) is 99.5 cm³/mol. The summed E-state index contributed by atoms with van der Waals surface area (Å²) in [5, 5.41) is 13.8. The summed E-state index contributed by atoms with van der Waals surface area (Å²) < 4.78 is 5.17. The van der Waals surface area contributed by atoms with Crippen molar-refractivity contribution in [3.63, 3.8) is 0 Å². The molecule has 6 nitrogen and oxygen atoms in total. The van der Waals surface area contributed by atoms with Gasteiger partial charge in [-0.1, -0.05) is 42.5 Å². The number of aromatic nitrogens is 1. The van der Waals surface area contributed by atoms with Gasteiger partial charge in [-0.05, 0) is 17.7 Å². The van der Waals surface area contributed by atoms with E-state index < -0.39 is 12.6 Å². The average Bonchev–Trinajstić information content (AvgIpc) is 3.09. The lowest BCUT2D eigenvalue weighted by Gasteiger charge is -2.04. The number of hydrogen-bond donors (Lipinski definition) is 2. The summed E-state index contributed by atoms with van der Waals surface area (Å²) in [4.78, 5) is 27.1. The summed E-state index contributed by atoms with van der Waals surface area (Å²) in [5.74, 6) is -0.712. The van der Waals surface area contributed by atoms with Crippen molar-refractivity contribution in [2.24, 2.45) is 0 Å². The van der Waals surface area contributed by atoms with Crippen LogP contribution in [0, 0.1) is 0 Å². The van der Waals surface area contributed by atoms with E-state index in [1.54, 1.807) is 18.2 Å². The van der Waals surface area contributed by atoms with Crippen molar-refractivity contribution in [3.05, 3.63) is 65.5 Å². The monoisotopic (exact) mass is 368 g/mol. The summed E-state index contributed by atoms with van der Waals surface area (Å²) in [5.41, 5.74) is 2.41. The summed E-state index contributed by atoms with van der Waals surface area (Å²) in [7, 11) is 0. The van der Waals surface area contributed by atoms with Crippen molar-refractivity contribution >= 4 is 28.3 Å². The second kappa shape index (κ2) is 8.26. The Morgan fingerprint density at radius 2 is 1.92 bits per heavy atom. The predicted octanol–water partition coefficient (Wildman–Crippen LogP) is 3.45. The van der Waals surface area contributed by atoms with Gasteiger partial charge in [0.05, 0.1) is 12.1 Å². The molecule has 0 saturated carbocycles. The highest BCUT2D eigenvalue weighted by Crippen LogP contribution is 2.27. The van der Waals surface area contributed by atoms with Crippen LogP contribution in [0.5, 0.6) is 5.75 Å². The van der Waals surface area contributed by atoms with Gasteiger partial charge < -0.3 is 15.2 Å². The molecule has 0 atom stereocenters. The van der Waals surface area contributed by atoms with Gasteiger partial charge in [0.15, 0.2) is 11.7 Å². The largest absolute Gasteiger partial charge is 0.482 e. The molecule has 2 N–H and O–H groups in total. The van der Waals surface area contributed by atoms with Crippen molar-refractivity contribution in [1.82, 2.24) is 4.98 Å². The number of anilines is 1. The smallest absolute Gasteiger partial charge is 0.341 e. The molecule has 1 aromatic heterocycles. The van der Waals surface area contributed by atoms with Gasteiger partial charge >= 0.3 is 5.97 Å². The normalized spacial score (nSPS) is 10.3. The number of nitrogens with one attached hydrogen (secondary N) is 1. The zero-order valence-corrected chi connectivity index (χ0v) is 14.5. The molecule has 0 aliphatic carbocycles. The maximum absolute atomic E-state index is 12.1. The lowest BCUT2D eigenvalue weighted by Crippen LogP contribution is -2.14. The first-order chi connectivity index (χ1) is 12.6. The number of benzene rings is 2. The molecular weight excluding hydrogens is 352 g/mol. The Morgan fingerprint density at radius 3 is 2.69 bits per heavy atom. The standard InChI is InChI=1S/C19H16N2O4S/c22-17(9-13-5-2-1-3-6-13)21-19-20-16(12-26-19)14-7-4-8-15(10-14)25-11-18(23)24/h1-8,10,12H,9,11H2,(H,23,24)(H,20,21,22). The number of carboxylic acids is 1. The third-order valence-corrected chi connectivity index (χ3v) is 4.21. The zero-order chi connectivity index (χ0) is 18.4. The zero-order valence-electron chi connectivity index (χ0n) is 13.7. The fraction of sp³-hybridized carbons (Fsp3) is 0.105. The molecule has 0 saturated heterocycles. The van der Waals surface area contributed by atoms with Crippen molar-refractivity contribution in [3.8, 4) is 17.0 Å². The van der Waals surface area contributed by atoms with Gasteiger partial charge in [-0.15, -0.1) is 11.3 Å². The number of carboxylic acid groups (broad SMARTS) is 1.